The highest BCUT2D eigenvalue weighted by atomic mass is 32.1. The van der Waals surface area contributed by atoms with E-state index in [1.807, 2.05) is 27.6 Å². The van der Waals surface area contributed by atoms with Crippen molar-refractivity contribution in [2.24, 2.45) is 7.05 Å². The molecule has 1 aliphatic heterocycles. The van der Waals surface area contributed by atoms with Crippen LogP contribution in [-0.4, -0.2) is 20.9 Å². The van der Waals surface area contributed by atoms with Gasteiger partial charge in [-0.2, -0.15) is 4.68 Å². The number of rotatable bonds is 3. The Kier molecular flexibility index (Phi) is 4.31. The molecule has 130 valence electrons. The molecule has 4 rings (SSSR count). The maximum Gasteiger partial charge on any atom is 0.202 e. The molecular formula is C18H20FN4S2+. The third-order valence-corrected chi connectivity index (χ3v) is 6.51. The zero-order valence-corrected chi connectivity index (χ0v) is 15.8. The van der Waals surface area contributed by atoms with Gasteiger partial charge >= 0.3 is 0 Å². The summed E-state index contributed by atoms with van der Waals surface area (Å²) in [5.74, 6) is 0.521. The van der Waals surface area contributed by atoms with Crippen LogP contribution in [-0.2, 0) is 20.1 Å². The fraction of sp³-hybridized carbons (Fsp3) is 0.333. The lowest BCUT2D eigenvalue weighted by Crippen LogP contribution is -3.12. The summed E-state index contributed by atoms with van der Waals surface area (Å²) in [6.45, 7) is 4.09. The number of thiophene rings is 1. The van der Waals surface area contributed by atoms with Gasteiger partial charge in [-0.05, 0) is 54.9 Å². The van der Waals surface area contributed by atoms with Gasteiger partial charge in [-0.1, -0.05) is 0 Å². The van der Waals surface area contributed by atoms with Crippen LogP contribution in [0.25, 0.3) is 11.4 Å². The first kappa shape index (κ1) is 16.6. The number of nitrogens with zero attached hydrogens (tertiary/aromatic N) is 3. The van der Waals surface area contributed by atoms with Crippen LogP contribution >= 0.6 is 23.6 Å². The van der Waals surface area contributed by atoms with E-state index in [0.717, 1.165) is 31.0 Å². The van der Waals surface area contributed by atoms with Crippen LogP contribution in [0.5, 0.6) is 0 Å². The molecule has 0 spiro atoms. The Labute approximate surface area is 155 Å². The molecule has 1 unspecified atom stereocenters. The fourth-order valence-electron chi connectivity index (χ4n) is 3.50. The van der Waals surface area contributed by atoms with Crippen molar-refractivity contribution in [1.29, 1.82) is 0 Å². The molecule has 25 heavy (non-hydrogen) atoms. The molecule has 0 saturated carbocycles. The Morgan fingerprint density at radius 2 is 2.08 bits per heavy atom. The van der Waals surface area contributed by atoms with Crippen molar-refractivity contribution in [3.05, 3.63) is 56.7 Å². The van der Waals surface area contributed by atoms with Gasteiger partial charge in [0, 0.05) is 29.5 Å². The summed E-state index contributed by atoms with van der Waals surface area (Å²) in [5.41, 5.74) is 2.32. The molecule has 0 radical (unpaired) electrons. The normalized spacial score (nSPS) is 19.8. The van der Waals surface area contributed by atoms with Gasteiger partial charge in [-0.15, -0.1) is 16.4 Å². The quantitative estimate of drug-likeness (QED) is 0.713. The van der Waals surface area contributed by atoms with Gasteiger partial charge in [0.05, 0.1) is 6.54 Å². The summed E-state index contributed by atoms with van der Waals surface area (Å²) in [6, 6.07) is 9.07. The third-order valence-electron chi connectivity index (χ3n) is 5.03. The van der Waals surface area contributed by atoms with Crippen LogP contribution in [0.1, 0.15) is 23.4 Å². The highest BCUT2D eigenvalue weighted by molar-refractivity contribution is 7.71. The monoisotopic (exact) mass is 375 g/mol. The van der Waals surface area contributed by atoms with E-state index in [0.29, 0.717) is 10.8 Å². The summed E-state index contributed by atoms with van der Waals surface area (Å²) >= 11 is 7.44. The van der Waals surface area contributed by atoms with Crippen molar-refractivity contribution < 1.29 is 9.29 Å². The maximum atomic E-state index is 13.2. The summed E-state index contributed by atoms with van der Waals surface area (Å²) in [6.07, 6.45) is 1.11. The van der Waals surface area contributed by atoms with Crippen LogP contribution in [0, 0.1) is 10.6 Å². The zero-order valence-electron chi connectivity index (χ0n) is 14.2. The molecule has 3 heterocycles. The molecule has 7 heteroatoms. The lowest BCUT2D eigenvalue weighted by molar-refractivity contribution is -0.954. The zero-order chi connectivity index (χ0) is 17.6. The number of hydrogen-bond donors (Lipinski definition) is 1. The van der Waals surface area contributed by atoms with Crippen LogP contribution in [0.3, 0.4) is 0 Å². The van der Waals surface area contributed by atoms with E-state index in [1.54, 1.807) is 12.1 Å². The van der Waals surface area contributed by atoms with Crippen LogP contribution in [0.4, 0.5) is 4.39 Å². The molecule has 0 saturated heterocycles. The summed E-state index contributed by atoms with van der Waals surface area (Å²) in [7, 11) is 1.91. The van der Waals surface area contributed by atoms with Crippen molar-refractivity contribution in [2.75, 3.05) is 6.54 Å². The Bertz CT molecular complexity index is 954. The minimum atomic E-state index is -0.248. The molecule has 4 nitrogen and oxygen atoms in total. The largest absolute Gasteiger partial charge is 0.310 e. The van der Waals surface area contributed by atoms with Crippen LogP contribution in [0.2, 0.25) is 0 Å². The molecular weight excluding hydrogens is 355 g/mol. The standard InChI is InChI=1S/C18H19FN4S2/c1-12-15-8-10-25-16(15)7-9-22(12)11-23-18(24)21(2)17(20-23)13-3-5-14(19)6-4-13/h3-6,8,10,12H,7,9,11H2,1-2H3/p+1/t12-/m0/s1. The van der Waals surface area contributed by atoms with Gasteiger partial charge in [0.2, 0.25) is 4.77 Å². The molecule has 0 fully saturated rings. The summed E-state index contributed by atoms with van der Waals surface area (Å²) in [4.78, 5) is 2.97. The van der Waals surface area contributed by atoms with Crippen molar-refractivity contribution in [2.45, 2.75) is 26.1 Å². The smallest absolute Gasteiger partial charge is 0.202 e. The Morgan fingerprint density at radius 1 is 1.32 bits per heavy atom. The molecule has 1 N–H and O–H groups in total. The Balaban J connectivity index is 1.63. The minimum Gasteiger partial charge on any atom is -0.310 e. The fourth-order valence-corrected chi connectivity index (χ4v) is 4.67. The first-order valence-corrected chi connectivity index (χ1v) is 9.64. The van der Waals surface area contributed by atoms with Gasteiger partial charge in [-0.25, -0.2) is 4.39 Å². The van der Waals surface area contributed by atoms with Crippen molar-refractivity contribution in [1.82, 2.24) is 14.3 Å². The van der Waals surface area contributed by atoms with Gasteiger partial charge < -0.3 is 9.47 Å². The predicted molar refractivity (Wildman–Crippen MR) is 99.7 cm³/mol. The SMILES string of the molecule is C[C@H]1c2ccsc2CC[NH+]1Cn1nc(-c2ccc(F)cc2)n(C)c1=S. The second kappa shape index (κ2) is 6.48. The van der Waals surface area contributed by atoms with Gasteiger partial charge in [0.1, 0.15) is 11.9 Å². The number of benzene rings is 1. The molecule has 3 aromatic rings. The molecule has 1 aliphatic rings. The van der Waals surface area contributed by atoms with Crippen molar-refractivity contribution in [3.8, 4) is 11.4 Å². The van der Waals surface area contributed by atoms with Crippen LogP contribution < -0.4 is 4.90 Å². The van der Waals surface area contributed by atoms with E-state index >= 15 is 0 Å². The third kappa shape index (κ3) is 2.96. The lowest BCUT2D eigenvalue weighted by atomic mass is 10.0. The molecule has 0 amide bonds. The number of nitrogens with one attached hydrogen (secondary N) is 1. The van der Waals surface area contributed by atoms with E-state index < -0.39 is 0 Å². The number of halogens is 1. The topological polar surface area (TPSA) is 27.2 Å². The Hall–Kier alpha value is -1.83. The first-order chi connectivity index (χ1) is 12.0. The van der Waals surface area contributed by atoms with Gasteiger partial charge in [0.15, 0.2) is 12.5 Å². The molecule has 0 bridgehead atoms. The van der Waals surface area contributed by atoms with E-state index in [-0.39, 0.29) is 5.82 Å². The van der Waals surface area contributed by atoms with Gasteiger partial charge in [0.25, 0.3) is 0 Å². The molecule has 2 aromatic heterocycles. The van der Waals surface area contributed by atoms with Crippen molar-refractivity contribution >= 4 is 23.6 Å². The average Bonchev–Trinajstić information content (AvgIpc) is 3.19. The molecule has 1 aromatic carbocycles. The Morgan fingerprint density at radius 3 is 2.84 bits per heavy atom. The highest BCUT2D eigenvalue weighted by Gasteiger charge is 2.29. The van der Waals surface area contributed by atoms with E-state index in [4.69, 9.17) is 17.3 Å². The van der Waals surface area contributed by atoms with Crippen molar-refractivity contribution in [3.63, 3.8) is 0 Å². The molecule has 2 atom stereocenters. The average molecular weight is 376 g/mol. The highest BCUT2D eigenvalue weighted by Crippen LogP contribution is 2.25. The predicted octanol–water partition coefficient (Wildman–Crippen LogP) is 2.98. The number of quaternary nitrogens is 1. The minimum absolute atomic E-state index is 0.248. The second-order valence-corrected chi connectivity index (χ2v) is 7.87. The first-order valence-electron chi connectivity index (χ1n) is 8.35. The van der Waals surface area contributed by atoms with E-state index in [9.17, 15) is 4.39 Å². The van der Waals surface area contributed by atoms with E-state index in [2.05, 4.69) is 18.4 Å². The van der Waals surface area contributed by atoms with E-state index in [1.165, 1.54) is 27.5 Å². The number of fused-ring (bicyclic) bond motifs is 1. The second-order valence-electron chi connectivity index (χ2n) is 6.51. The summed E-state index contributed by atoms with van der Waals surface area (Å²) in [5, 5.41) is 6.90. The number of hydrogen-bond acceptors (Lipinski definition) is 3. The maximum absolute atomic E-state index is 13.2. The van der Waals surface area contributed by atoms with Gasteiger partial charge in [-0.3, -0.25) is 0 Å². The molecule has 0 aliphatic carbocycles. The summed E-state index contributed by atoms with van der Waals surface area (Å²) < 4.78 is 17.7. The number of aromatic nitrogens is 3. The van der Waals surface area contributed by atoms with Crippen LogP contribution in [0.15, 0.2) is 35.7 Å². The lowest BCUT2D eigenvalue weighted by Gasteiger charge is -2.30.